The molecule has 3 heterocycles. The lowest BCUT2D eigenvalue weighted by molar-refractivity contribution is 0.103. The summed E-state index contributed by atoms with van der Waals surface area (Å²) in [6, 6.07) is 6.88. The lowest BCUT2D eigenvalue weighted by atomic mass is 10.0. The predicted molar refractivity (Wildman–Crippen MR) is 130 cm³/mol. The second-order valence-electron chi connectivity index (χ2n) is 8.34. The number of methoxy groups -OCH3 is 1. The lowest BCUT2D eigenvalue weighted by Gasteiger charge is -2.18. The van der Waals surface area contributed by atoms with Crippen LogP contribution in [0.2, 0.25) is 0 Å². The van der Waals surface area contributed by atoms with Crippen LogP contribution < -0.4 is 24.5 Å². The molecule has 5 rings (SSSR count). The molecule has 0 radical (unpaired) electrons. The lowest BCUT2D eigenvalue weighted by Crippen LogP contribution is -2.27. The van der Waals surface area contributed by atoms with E-state index in [1.54, 1.807) is 23.8 Å². The van der Waals surface area contributed by atoms with Crippen molar-refractivity contribution in [2.75, 3.05) is 41.1 Å². The molecule has 0 N–H and O–H groups in total. The summed E-state index contributed by atoms with van der Waals surface area (Å²) in [6.07, 6.45) is 0.863. The monoisotopic (exact) mass is 479 g/mol. The van der Waals surface area contributed by atoms with E-state index in [1.807, 2.05) is 31.1 Å². The van der Waals surface area contributed by atoms with Crippen LogP contribution in [-0.4, -0.2) is 61.8 Å². The molecule has 10 nitrogen and oxygen atoms in total. The van der Waals surface area contributed by atoms with Crippen LogP contribution in [0.4, 0.5) is 4.79 Å². The first-order chi connectivity index (χ1) is 16.9. The smallest absolute Gasteiger partial charge is 0.493 e. The number of nitrogens with zero attached hydrogens (tertiary/aromatic N) is 3. The molecule has 0 saturated heterocycles. The molecule has 0 atom stereocenters. The van der Waals surface area contributed by atoms with Crippen molar-refractivity contribution in [1.82, 2.24) is 14.5 Å². The minimum atomic E-state index is -0.873. The highest BCUT2D eigenvalue weighted by Crippen LogP contribution is 2.40. The number of fused-ring (bicyclic) bond motifs is 6. The van der Waals surface area contributed by atoms with Crippen LogP contribution >= 0.6 is 0 Å². The summed E-state index contributed by atoms with van der Waals surface area (Å²) in [5, 5.41) is 2.53. The fourth-order valence-corrected chi connectivity index (χ4v) is 4.25. The largest absolute Gasteiger partial charge is 0.513 e. The molecule has 0 unspecified atom stereocenters. The number of rotatable bonds is 6. The Bertz CT molecular complexity index is 1530. The van der Waals surface area contributed by atoms with E-state index in [1.165, 1.54) is 13.2 Å². The predicted octanol–water partition coefficient (Wildman–Crippen LogP) is 3.54. The Balaban J connectivity index is 1.84. The van der Waals surface area contributed by atoms with E-state index < -0.39 is 6.16 Å². The summed E-state index contributed by atoms with van der Waals surface area (Å²) in [5.74, 6) is 1.62. The van der Waals surface area contributed by atoms with Gasteiger partial charge >= 0.3 is 6.16 Å². The highest BCUT2D eigenvalue weighted by atomic mass is 16.7. The summed E-state index contributed by atoms with van der Waals surface area (Å²) < 4.78 is 28.5. The number of aromatic nitrogens is 2. The molecule has 1 aliphatic heterocycles. The molecule has 4 aromatic rings. The van der Waals surface area contributed by atoms with Gasteiger partial charge in [-0.25, -0.2) is 4.79 Å². The van der Waals surface area contributed by atoms with Crippen LogP contribution in [0.25, 0.3) is 32.6 Å². The first-order valence-corrected chi connectivity index (χ1v) is 11.2. The standard InChI is InChI=1S/C25H25N3O7/c1-5-32-25(30)35-22-9-15-14(8-19(22)31-4)17-12-26-18-11-21-20(33-13-34-21)10-16(18)23(17)28(24(15)29)7-6-27(2)3/h8-12H,5-7,13H2,1-4H3. The van der Waals surface area contributed by atoms with Gasteiger partial charge in [-0.15, -0.1) is 0 Å². The van der Waals surface area contributed by atoms with Crippen molar-refractivity contribution in [3.63, 3.8) is 0 Å². The number of hydrogen-bond acceptors (Lipinski definition) is 9. The maximum absolute atomic E-state index is 13.9. The normalized spacial score (nSPS) is 12.6. The third-order valence-electron chi connectivity index (χ3n) is 5.90. The molecule has 0 bridgehead atoms. The first-order valence-electron chi connectivity index (χ1n) is 11.2. The average molecular weight is 479 g/mol. The van der Waals surface area contributed by atoms with Crippen LogP contribution in [0, 0.1) is 0 Å². The van der Waals surface area contributed by atoms with E-state index in [9.17, 15) is 9.59 Å². The van der Waals surface area contributed by atoms with E-state index in [0.717, 1.165) is 16.3 Å². The van der Waals surface area contributed by atoms with Crippen molar-refractivity contribution < 1.29 is 28.5 Å². The zero-order valence-corrected chi connectivity index (χ0v) is 19.9. The van der Waals surface area contributed by atoms with Gasteiger partial charge in [0.2, 0.25) is 6.79 Å². The Hall–Kier alpha value is -4.05. The van der Waals surface area contributed by atoms with E-state index in [0.29, 0.717) is 46.6 Å². The van der Waals surface area contributed by atoms with Gasteiger partial charge in [-0.3, -0.25) is 9.78 Å². The van der Waals surface area contributed by atoms with Gasteiger partial charge < -0.3 is 33.2 Å². The molecule has 0 spiro atoms. The Morgan fingerprint density at radius 3 is 2.51 bits per heavy atom. The van der Waals surface area contributed by atoms with Crippen molar-refractivity contribution in [1.29, 1.82) is 0 Å². The van der Waals surface area contributed by atoms with Crippen molar-refractivity contribution >= 4 is 38.7 Å². The van der Waals surface area contributed by atoms with Crippen molar-refractivity contribution in [3.05, 3.63) is 40.8 Å². The van der Waals surface area contributed by atoms with E-state index in [4.69, 9.17) is 23.7 Å². The van der Waals surface area contributed by atoms with Crippen molar-refractivity contribution in [3.8, 4) is 23.0 Å². The summed E-state index contributed by atoms with van der Waals surface area (Å²) >= 11 is 0. The topological polar surface area (TPSA) is 101 Å². The highest BCUT2D eigenvalue weighted by molar-refractivity contribution is 6.15. The third-order valence-corrected chi connectivity index (χ3v) is 5.90. The zero-order valence-electron chi connectivity index (χ0n) is 19.9. The molecule has 10 heteroatoms. The van der Waals surface area contributed by atoms with Gasteiger partial charge in [0.1, 0.15) is 0 Å². The quantitative estimate of drug-likeness (QED) is 0.233. The molecule has 2 aromatic heterocycles. The minimum absolute atomic E-state index is 0.103. The van der Waals surface area contributed by atoms with Crippen LogP contribution in [0.5, 0.6) is 23.0 Å². The van der Waals surface area contributed by atoms with Crippen molar-refractivity contribution in [2.45, 2.75) is 13.5 Å². The second-order valence-corrected chi connectivity index (χ2v) is 8.34. The van der Waals surface area contributed by atoms with Gasteiger partial charge in [-0.05, 0) is 39.2 Å². The molecule has 0 aliphatic carbocycles. The SMILES string of the molecule is CCOC(=O)Oc1cc2c(=O)n(CCN(C)C)c3c4cc5c(cc4ncc3c2cc1OC)OCO5. The molecule has 2 aromatic carbocycles. The van der Waals surface area contributed by atoms with Gasteiger partial charge in [-0.2, -0.15) is 0 Å². The van der Waals surface area contributed by atoms with Gasteiger partial charge in [0.15, 0.2) is 23.0 Å². The molecule has 182 valence electrons. The van der Waals surface area contributed by atoms with E-state index in [-0.39, 0.29) is 24.7 Å². The number of pyridine rings is 2. The first kappa shape index (κ1) is 22.7. The van der Waals surface area contributed by atoms with Crippen LogP contribution in [0.3, 0.4) is 0 Å². The number of benzene rings is 2. The fourth-order valence-electron chi connectivity index (χ4n) is 4.25. The number of hydrogen-bond donors (Lipinski definition) is 0. The number of carbonyl (C=O) groups is 1. The van der Waals surface area contributed by atoms with Crippen molar-refractivity contribution in [2.24, 2.45) is 0 Å². The van der Waals surface area contributed by atoms with E-state index >= 15 is 0 Å². The second kappa shape index (κ2) is 8.95. The molecular formula is C25H25N3O7. The maximum Gasteiger partial charge on any atom is 0.513 e. The molecule has 0 saturated carbocycles. The van der Waals surface area contributed by atoms with Crippen LogP contribution in [-0.2, 0) is 11.3 Å². The average Bonchev–Trinajstić information content (AvgIpc) is 3.29. The Kier molecular flexibility index (Phi) is 5.81. The summed E-state index contributed by atoms with van der Waals surface area (Å²) in [7, 11) is 5.36. The summed E-state index contributed by atoms with van der Waals surface area (Å²) in [4.78, 5) is 32.5. The molecule has 0 fully saturated rings. The Morgan fingerprint density at radius 1 is 1.06 bits per heavy atom. The van der Waals surface area contributed by atoms with Gasteiger partial charge in [0, 0.05) is 41.5 Å². The van der Waals surface area contributed by atoms with Gasteiger partial charge in [-0.1, -0.05) is 0 Å². The molecular weight excluding hydrogens is 454 g/mol. The van der Waals surface area contributed by atoms with Gasteiger partial charge in [0.05, 0.1) is 30.1 Å². The van der Waals surface area contributed by atoms with E-state index in [2.05, 4.69) is 4.98 Å². The molecule has 35 heavy (non-hydrogen) atoms. The Labute approximate surface area is 200 Å². The molecule has 0 amide bonds. The maximum atomic E-state index is 13.9. The fraction of sp³-hybridized carbons (Fsp3) is 0.320. The Morgan fingerprint density at radius 2 is 1.80 bits per heavy atom. The number of ether oxygens (including phenoxy) is 5. The summed E-state index contributed by atoms with van der Waals surface area (Å²) in [6.45, 7) is 3.05. The van der Waals surface area contributed by atoms with Crippen LogP contribution in [0.15, 0.2) is 35.3 Å². The zero-order chi connectivity index (χ0) is 24.7. The third kappa shape index (κ3) is 3.95. The summed E-state index contributed by atoms with van der Waals surface area (Å²) in [5.41, 5.74) is 1.19. The van der Waals surface area contributed by atoms with Gasteiger partial charge in [0.25, 0.3) is 5.56 Å². The molecule has 1 aliphatic rings. The minimum Gasteiger partial charge on any atom is -0.493 e. The highest BCUT2D eigenvalue weighted by Gasteiger charge is 2.22. The van der Waals surface area contributed by atoms with Crippen LogP contribution in [0.1, 0.15) is 6.92 Å². The number of carbonyl (C=O) groups excluding carboxylic acids is 1. The number of likely N-dealkylation sites (N-methyl/N-ethyl adjacent to an activating group) is 1.